The molecule has 0 aliphatic carbocycles. The number of carboxylic acid groups (broad SMARTS) is 1. The van der Waals surface area contributed by atoms with Crippen LogP contribution in [0, 0.1) is 11.3 Å². The molecule has 1 unspecified atom stereocenters. The number of nitrogens with one attached hydrogen (secondary N) is 1. The lowest BCUT2D eigenvalue weighted by Gasteiger charge is -2.32. The van der Waals surface area contributed by atoms with Crippen molar-refractivity contribution in [2.24, 2.45) is 11.3 Å². The van der Waals surface area contributed by atoms with E-state index in [1.807, 2.05) is 0 Å². The van der Waals surface area contributed by atoms with E-state index in [2.05, 4.69) is 5.32 Å². The van der Waals surface area contributed by atoms with Crippen LogP contribution in [0.3, 0.4) is 0 Å². The van der Waals surface area contributed by atoms with Gasteiger partial charge in [-0.2, -0.15) is 4.31 Å². The van der Waals surface area contributed by atoms with Gasteiger partial charge in [0.15, 0.2) is 0 Å². The van der Waals surface area contributed by atoms with Gasteiger partial charge in [0, 0.05) is 19.6 Å². The Kier molecular flexibility index (Phi) is 7.00. The maximum Gasteiger partial charge on any atom is 0.311 e. The minimum atomic E-state index is -3.64. The van der Waals surface area contributed by atoms with Crippen molar-refractivity contribution in [3.05, 3.63) is 30.3 Å². The highest BCUT2D eigenvalue weighted by Gasteiger charge is 2.37. The Morgan fingerprint density at radius 1 is 1.22 bits per heavy atom. The molecule has 1 aromatic carbocycles. The zero-order chi connectivity index (χ0) is 20.1. The quantitative estimate of drug-likeness (QED) is 0.700. The number of carbonyl (C=O) groups is 2. The molecule has 1 amide bonds. The summed E-state index contributed by atoms with van der Waals surface area (Å²) in [4.78, 5) is 24.4. The summed E-state index contributed by atoms with van der Waals surface area (Å²) < 4.78 is 26.9. The average molecular weight is 397 g/mol. The summed E-state index contributed by atoms with van der Waals surface area (Å²) in [5.74, 6) is -1.68. The van der Waals surface area contributed by atoms with Gasteiger partial charge in [-0.3, -0.25) is 9.59 Å². The molecule has 0 radical (unpaired) electrons. The van der Waals surface area contributed by atoms with Crippen LogP contribution in [-0.4, -0.2) is 49.3 Å². The van der Waals surface area contributed by atoms with Crippen LogP contribution >= 0.6 is 0 Å². The molecule has 1 aliphatic rings. The third-order valence-corrected chi connectivity index (χ3v) is 7.42. The summed E-state index contributed by atoms with van der Waals surface area (Å²) in [6, 6.07) is 8.18. The first kappa shape index (κ1) is 21.4. The number of aliphatic carboxylic acids is 1. The van der Waals surface area contributed by atoms with E-state index in [0.717, 1.165) is 0 Å². The van der Waals surface area contributed by atoms with E-state index in [0.29, 0.717) is 32.2 Å². The second-order valence-electron chi connectivity index (χ2n) is 7.03. The molecule has 7 nitrogen and oxygen atoms in total. The van der Waals surface area contributed by atoms with Crippen molar-refractivity contribution in [3.8, 4) is 0 Å². The highest BCUT2D eigenvalue weighted by Crippen LogP contribution is 2.27. The molecule has 0 saturated carbocycles. The van der Waals surface area contributed by atoms with E-state index in [1.54, 1.807) is 44.2 Å². The molecule has 2 rings (SSSR count). The molecule has 0 spiro atoms. The van der Waals surface area contributed by atoms with Gasteiger partial charge in [0.25, 0.3) is 0 Å². The van der Waals surface area contributed by atoms with E-state index in [9.17, 15) is 23.1 Å². The van der Waals surface area contributed by atoms with Crippen LogP contribution < -0.4 is 5.32 Å². The highest BCUT2D eigenvalue weighted by molar-refractivity contribution is 7.89. The fraction of sp³-hybridized carbons (Fsp3) is 0.579. The number of nitrogens with zero attached hydrogens (tertiary/aromatic N) is 1. The van der Waals surface area contributed by atoms with Crippen LogP contribution in [0.1, 0.15) is 39.5 Å². The molecule has 1 saturated heterocycles. The first-order chi connectivity index (χ1) is 12.8. The van der Waals surface area contributed by atoms with Gasteiger partial charge in [-0.05, 0) is 37.8 Å². The number of piperidine rings is 1. The van der Waals surface area contributed by atoms with Crippen molar-refractivity contribution in [2.45, 2.75) is 44.4 Å². The fourth-order valence-corrected chi connectivity index (χ4v) is 4.94. The molecule has 0 aromatic heterocycles. The number of amides is 1. The fourth-order valence-electron chi connectivity index (χ4n) is 3.39. The first-order valence-corrected chi connectivity index (χ1v) is 10.8. The van der Waals surface area contributed by atoms with Crippen molar-refractivity contribution >= 4 is 21.9 Å². The molecule has 1 heterocycles. The number of sulfonamides is 1. The standard InChI is InChI=1S/C19H28N2O5S/c1-3-19(4-2,18(23)24)14-20-17(22)15-9-8-12-21(13-15)27(25,26)16-10-6-5-7-11-16/h5-7,10-11,15H,3-4,8-9,12-14H2,1-2H3,(H,20,22)(H,23,24). The van der Waals surface area contributed by atoms with Crippen molar-refractivity contribution in [1.82, 2.24) is 9.62 Å². The summed E-state index contributed by atoms with van der Waals surface area (Å²) in [7, 11) is -3.64. The van der Waals surface area contributed by atoms with E-state index in [1.165, 1.54) is 4.31 Å². The van der Waals surface area contributed by atoms with Gasteiger partial charge in [-0.15, -0.1) is 0 Å². The van der Waals surface area contributed by atoms with Crippen molar-refractivity contribution in [3.63, 3.8) is 0 Å². The van der Waals surface area contributed by atoms with Gasteiger partial charge in [0.1, 0.15) is 0 Å². The van der Waals surface area contributed by atoms with Gasteiger partial charge in [0.05, 0.1) is 16.2 Å². The average Bonchev–Trinajstić information content (AvgIpc) is 2.69. The number of hydrogen-bond acceptors (Lipinski definition) is 4. The molecule has 0 bridgehead atoms. The largest absolute Gasteiger partial charge is 0.481 e. The predicted molar refractivity (Wildman–Crippen MR) is 102 cm³/mol. The Labute approximate surface area is 160 Å². The van der Waals surface area contributed by atoms with Crippen LogP contribution in [0.5, 0.6) is 0 Å². The molecule has 1 aromatic rings. The SMILES string of the molecule is CCC(CC)(CNC(=O)C1CCCN(S(=O)(=O)c2ccccc2)C1)C(=O)O. The van der Waals surface area contributed by atoms with Crippen molar-refractivity contribution in [1.29, 1.82) is 0 Å². The normalized spacial score (nSPS) is 18.8. The zero-order valence-corrected chi connectivity index (χ0v) is 16.7. The van der Waals surface area contributed by atoms with E-state index >= 15 is 0 Å². The molecule has 8 heteroatoms. The van der Waals surface area contributed by atoms with Gasteiger partial charge >= 0.3 is 5.97 Å². The minimum absolute atomic E-state index is 0.0517. The lowest BCUT2D eigenvalue weighted by atomic mass is 9.82. The third-order valence-electron chi connectivity index (χ3n) is 5.54. The maximum atomic E-state index is 12.8. The third kappa shape index (κ3) is 4.68. The molecular weight excluding hydrogens is 368 g/mol. The summed E-state index contributed by atoms with van der Waals surface area (Å²) in [5, 5.41) is 12.2. The maximum absolute atomic E-state index is 12.8. The predicted octanol–water partition coefficient (Wildman–Crippen LogP) is 2.09. The van der Waals surface area contributed by atoms with Crippen LogP contribution in [0.4, 0.5) is 0 Å². The van der Waals surface area contributed by atoms with E-state index in [-0.39, 0.29) is 23.9 Å². The molecule has 150 valence electrons. The molecule has 1 atom stereocenters. The lowest BCUT2D eigenvalue weighted by molar-refractivity contribution is -0.149. The second-order valence-corrected chi connectivity index (χ2v) is 8.96. The van der Waals surface area contributed by atoms with Crippen LogP contribution in [0.15, 0.2) is 35.2 Å². The Hall–Kier alpha value is -1.93. The molecule has 1 fully saturated rings. The number of carbonyl (C=O) groups excluding carboxylic acids is 1. The number of carboxylic acids is 1. The van der Waals surface area contributed by atoms with Crippen LogP contribution in [-0.2, 0) is 19.6 Å². The summed E-state index contributed by atoms with van der Waals surface area (Å²) in [5.41, 5.74) is -0.986. The Balaban J connectivity index is 2.05. The van der Waals surface area contributed by atoms with Gasteiger partial charge < -0.3 is 10.4 Å². The van der Waals surface area contributed by atoms with E-state index < -0.39 is 27.3 Å². The van der Waals surface area contributed by atoms with Crippen molar-refractivity contribution in [2.75, 3.05) is 19.6 Å². The zero-order valence-electron chi connectivity index (χ0n) is 15.8. The highest BCUT2D eigenvalue weighted by atomic mass is 32.2. The number of rotatable bonds is 8. The Morgan fingerprint density at radius 2 is 1.85 bits per heavy atom. The summed E-state index contributed by atoms with van der Waals surface area (Å²) in [6.07, 6.45) is 2.01. The monoisotopic (exact) mass is 396 g/mol. The molecule has 2 N–H and O–H groups in total. The lowest BCUT2D eigenvalue weighted by Crippen LogP contribution is -2.48. The molecule has 1 aliphatic heterocycles. The number of hydrogen-bond donors (Lipinski definition) is 2. The van der Waals surface area contributed by atoms with Crippen LogP contribution in [0.2, 0.25) is 0 Å². The Bertz CT molecular complexity index is 760. The molecular formula is C19H28N2O5S. The molecule has 27 heavy (non-hydrogen) atoms. The first-order valence-electron chi connectivity index (χ1n) is 9.33. The van der Waals surface area contributed by atoms with Gasteiger partial charge in [-0.25, -0.2) is 8.42 Å². The van der Waals surface area contributed by atoms with Gasteiger partial charge in [-0.1, -0.05) is 32.0 Å². The summed E-state index contributed by atoms with van der Waals surface area (Å²) >= 11 is 0. The summed E-state index contributed by atoms with van der Waals surface area (Å²) in [6.45, 7) is 4.12. The van der Waals surface area contributed by atoms with Crippen LogP contribution in [0.25, 0.3) is 0 Å². The smallest absolute Gasteiger partial charge is 0.311 e. The van der Waals surface area contributed by atoms with Crippen molar-refractivity contribution < 1.29 is 23.1 Å². The minimum Gasteiger partial charge on any atom is -0.481 e. The van der Waals surface area contributed by atoms with Gasteiger partial charge in [0.2, 0.25) is 15.9 Å². The van der Waals surface area contributed by atoms with E-state index in [4.69, 9.17) is 0 Å². The topological polar surface area (TPSA) is 104 Å². The number of benzene rings is 1. The Morgan fingerprint density at radius 3 is 2.41 bits per heavy atom. The second kappa shape index (κ2) is 8.84.